The van der Waals surface area contributed by atoms with Crippen LogP contribution in [0.3, 0.4) is 0 Å². The minimum absolute atomic E-state index is 0.285. The van der Waals surface area contributed by atoms with E-state index < -0.39 is 10.0 Å². The van der Waals surface area contributed by atoms with Crippen LogP contribution in [0.15, 0.2) is 18.3 Å². The van der Waals surface area contributed by atoms with Gasteiger partial charge in [0.25, 0.3) is 0 Å². The maximum absolute atomic E-state index is 12.1. The Balaban J connectivity index is 1.63. The van der Waals surface area contributed by atoms with Crippen LogP contribution in [0, 0.1) is 6.92 Å². The number of aromatic nitrogens is 1. The van der Waals surface area contributed by atoms with E-state index in [1.807, 2.05) is 6.20 Å². The molecule has 1 aromatic rings. The summed E-state index contributed by atoms with van der Waals surface area (Å²) >= 11 is 0. The number of piperidine rings is 1. The van der Waals surface area contributed by atoms with E-state index in [-0.39, 0.29) is 6.04 Å². The monoisotopic (exact) mass is 424 g/mol. The fraction of sp³-hybridized carbons (Fsp3) is 0.762. The van der Waals surface area contributed by atoms with Gasteiger partial charge in [0.15, 0.2) is 0 Å². The van der Waals surface area contributed by atoms with Crippen LogP contribution in [0.2, 0.25) is 0 Å². The zero-order valence-corrected chi connectivity index (χ0v) is 18.9. The first-order valence-electron chi connectivity index (χ1n) is 10.7. The third-order valence-corrected chi connectivity index (χ3v) is 7.37. The number of likely N-dealkylation sites (N-methyl/N-ethyl adjacent to an activating group) is 1. The van der Waals surface area contributed by atoms with Gasteiger partial charge < -0.3 is 4.74 Å². The Labute approximate surface area is 176 Å². The average Bonchev–Trinajstić information content (AvgIpc) is 2.70. The molecule has 29 heavy (non-hydrogen) atoms. The predicted molar refractivity (Wildman–Crippen MR) is 115 cm³/mol. The first kappa shape index (κ1) is 22.6. The summed E-state index contributed by atoms with van der Waals surface area (Å²) in [6.45, 7) is 7.60. The minimum atomic E-state index is -3.14. The van der Waals surface area contributed by atoms with Crippen molar-refractivity contribution in [1.29, 1.82) is 0 Å². The van der Waals surface area contributed by atoms with E-state index in [2.05, 4.69) is 40.9 Å². The van der Waals surface area contributed by atoms with Gasteiger partial charge in [0.05, 0.1) is 11.9 Å². The first-order valence-corrected chi connectivity index (χ1v) is 12.6. The highest BCUT2D eigenvalue weighted by atomic mass is 32.2. The molecule has 2 fully saturated rings. The van der Waals surface area contributed by atoms with Crippen molar-refractivity contribution in [2.75, 3.05) is 52.7 Å². The molecule has 2 aliphatic heterocycles. The maximum atomic E-state index is 12.1. The van der Waals surface area contributed by atoms with E-state index in [1.165, 1.54) is 11.8 Å². The van der Waals surface area contributed by atoms with Crippen molar-refractivity contribution in [2.45, 2.75) is 51.2 Å². The molecule has 1 unspecified atom stereocenters. The standard InChI is InChI=1S/C21H36N4O3S/c1-18-6-7-19(22-15-18)16-23(2)11-12-25(20-8-13-28-14-9-20)21-5-4-10-24(17-21)29(3,26)27/h6-7,15,20-21H,4-5,8-14,16-17H2,1-3H3. The van der Waals surface area contributed by atoms with Crippen LogP contribution in [0.1, 0.15) is 36.9 Å². The molecule has 7 nitrogen and oxygen atoms in total. The normalized spacial score (nSPS) is 22.4. The van der Waals surface area contributed by atoms with Gasteiger partial charge in [-0.2, -0.15) is 0 Å². The molecular weight excluding hydrogens is 388 g/mol. The lowest BCUT2D eigenvalue weighted by molar-refractivity contribution is 0.00271. The molecule has 0 amide bonds. The van der Waals surface area contributed by atoms with Crippen molar-refractivity contribution in [3.8, 4) is 0 Å². The molecule has 2 aliphatic rings. The van der Waals surface area contributed by atoms with Crippen molar-refractivity contribution >= 4 is 10.0 Å². The molecule has 2 saturated heterocycles. The van der Waals surface area contributed by atoms with E-state index in [0.717, 1.165) is 64.2 Å². The second-order valence-electron chi connectivity index (χ2n) is 8.56. The highest BCUT2D eigenvalue weighted by Gasteiger charge is 2.33. The number of ether oxygens (including phenoxy) is 1. The third-order valence-electron chi connectivity index (χ3n) is 6.10. The largest absolute Gasteiger partial charge is 0.381 e. The zero-order valence-electron chi connectivity index (χ0n) is 18.1. The Kier molecular flexibility index (Phi) is 8.04. The molecule has 1 atom stereocenters. The number of sulfonamides is 1. The molecule has 0 radical (unpaired) electrons. The number of pyridine rings is 1. The third kappa shape index (κ3) is 6.72. The molecule has 0 saturated carbocycles. The van der Waals surface area contributed by atoms with Gasteiger partial charge in [0.2, 0.25) is 10.0 Å². The fourth-order valence-electron chi connectivity index (χ4n) is 4.41. The van der Waals surface area contributed by atoms with Crippen molar-refractivity contribution < 1.29 is 13.2 Å². The van der Waals surface area contributed by atoms with Crippen molar-refractivity contribution in [1.82, 2.24) is 19.1 Å². The lowest BCUT2D eigenvalue weighted by Gasteiger charge is -2.44. The van der Waals surface area contributed by atoms with E-state index in [1.54, 1.807) is 4.31 Å². The number of rotatable bonds is 8. The summed E-state index contributed by atoms with van der Waals surface area (Å²) < 4.78 is 31.4. The van der Waals surface area contributed by atoms with Gasteiger partial charge in [-0.15, -0.1) is 0 Å². The van der Waals surface area contributed by atoms with Crippen LogP contribution >= 0.6 is 0 Å². The van der Waals surface area contributed by atoms with Crippen molar-refractivity contribution in [2.24, 2.45) is 0 Å². The lowest BCUT2D eigenvalue weighted by Crippen LogP contribution is -2.55. The van der Waals surface area contributed by atoms with E-state index in [4.69, 9.17) is 4.74 Å². The van der Waals surface area contributed by atoms with Crippen LogP contribution in [0.5, 0.6) is 0 Å². The van der Waals surface area contributed by atoms with Gasteiger partial charge in [0, 0.05) is 64.2 Å². The summed E-state index contributed by atoms with van der Waals surface area (Å²) in [5.41, 5.74) is 2.26. The Hall–Kier alpha value is -1.06. The number of hydrogen-bond donors (Lipinski definition) is 0. The SMILES string of the molecule is Cc1ccc(CN(C)CCN(C2CCOCC2)C2CCCN(S(C)(=O)=O)C2)nc1. The van der Waals surface area contributed by atoms with Gasteiger partial charge in [-0.3, -0.25) is 14.8 Å². The van der Waals surface area contributed by atoms with Gasteiger partial charge in [-0.05, 0) is 51.3 Å². The molecule has 0 aliphatic carbocycles. The quantitative estimate of drug-likeness (QED) is 0.633. The second-order valence-corrected chi connectivity index (χ2v) is 10.5. The van der Waals surface area contributed by atoms with Crippen LogP contribution < -0.4 is 0 Å². The molecule has 3 heterocycles. The zero-order chi connectivity index (χ0) is 20.9. The van der Waals surface area contributed by atoms with E-state index in [9.17, 15) is 8.42 Å². The molecule has 0 N–H and O–H groups in total. The minimum Gasteiger partial charge on any atom is -0.381 e. The maximum Gasteiger partial charge on any atom is 0.211 e. The molecule has 3 rings (SSSR count). The summed E-state index contributed by atoms with van der Waals surface area (Å²) in [4.78, 5) is 9.39. The van der Waals surface area contributed by atoms with Gasteiger partial charge in [-0.1, -0.05) is 6.07 Å². The summed E-state index contributed by atoms with van der Waals surface area (Å²) in [5, 5.41) is 0. The smallest absolute Gasteiger partial charge is 0.211 e. The first-order chi connectivity index (χ1) is 13.8. The topological polar surface area (TPSA) is 66.0 Å². The van der Waals surface area contributed by atoms with Crippen LogP contribution in [-0.2, 0) is 21.3 Å². The highest BCUT2D eigenvalue weighted by Crippen LogP contribution is 2.24. The summed E-state index contributed by atoms with van der Waals surface area (Å²) in [6.07, 6.45) is 7.29. The van der Waals surface area contributed by atoms with Crippen LogP contribution in [0.4, 0.5) is 0 Å². The van der Waals surface area contributed by atoms with Crippen molar-refractivity contribution in [3.05, 3.63) is 29.6 Å². The Bertz CT molecular complexity index is 735. The van der Waals surface area contributed by atoms with E-state index >= 15 is 0 Å². The van der Waals surface area contributed by atoms with E-state index in [0.29, 0.717) is 19.1 Å². The number of hydrogen-bond acceptors (Lipinski definition) is 6. The second kappa shape index (κ2) is 10.3. The Morgan fingerprint density at radius 1 is 1.17 bits per heavy atom. The molecule has 0 aromatic carbocycles. The summed E-state index contributed by atoms with van der Waals surface area (Å²) in [6, 6.07) is 4.95. The summed E-state index contributed by atoms with van der Waals surface area (Å²) in [7, 11) is -1.00. The summed E-state index contributed by atoms with van der Waals surface area (Å²) in [5.74, 6) is 0. The van der Waals surface area contributed by atoms with Gasteiger partial charge >= 0.3 is 0 Å². The number of nitrogens with zero attached hydrogens (tertiary/aromatic N) is 4. The van der Waals surface area contributed by atoms with Crippen LogP contribution in [0.25, 0.3) is 0 Å². The Morgan fingerprint density at radius 2 is 1.93 bits per heavy atom. The molecular formula is C21H36N4O3S. The molecule has 8 heteroatoms. The van der Waals surface area contributed by atoms with Crippen LogP contribution in [-0.4, -0.2) is 92.3 Å². The van der Waals surface area contributed by atoms with Gasteiger partial charge in [-0.25, -0.2) is 12.7 Å². The fourth-order valence-corrected chi connectivity index (χ4v) is 5.31. The lowest BCUT2D eigenvalue weighted by atomic mass is 9.99. The van der Waals surface area contributed by atoms with Crippen molar-refractivity contribution in [3.63, 3.8) is 0 Å². The van der Waals surface area contributed by atoms with Gasteiger partial charge in [0.1, 0.15) is 0 Å². The molecule has 1 aromatic heterocycles. The predicted octanol–water partition coefficient (Wildman–Crippen LogP) is 1.73. The molecule has 0 bridgehead atoms. The Morgan fingerprint density at radius 3 is 2.59 bits per heavy atom. The molecule has 0 spiro atoms. The average molecular weight is 425 g/mol. The highest BCUT2D eigenvalue weighted by molar-refractivity contribution is 7.88. The molecule has 164 valence electrons. The number of aryl methyl sites for hydroxylation is 1.